The fourth-order valence-corrected chi connectivity index (χ4v) is 3.82. The molecule has 2 aromatic carbocycles. The van der Waals surface area contributed by atoms with Crippen LogP contribution in [-0.2, 0) is 14.4 Å². The Labute approximate surface area is 184 Å². The van der Waals surface area contributed by atoms with E-state index in [2.05, 4.69) is 0 Å². The number of aliphatic hydroxyl groups is 1. The number of ketones is 1. The number of rotatable bonds is 9. The van der Waals surface area contributed by atoms with Gasteiger partial charge in [0, 0.05) is 24.1 Å². The highest BCUT2D eigenvalue weighted by Crippen LogP contribution is 2.42. The molecular weight excluding hydrogens is 417 g/mol. The molecule has 168 valence electrons. The number of hydrogen-bond donors (Lipinski definition) is 2. The summed E-state index contributed by atoms with van der Waals surface area (Å²) in [6.45, 7) is 0.201. The van der Waals surface area contributed by atoms with Gasteiger partial charge in [-0.15, -0.1) is 0 Å². The molecule has 7 nitrogen and oxygen atoms in total. The third-order valence-corrected chi connectivity index (χ3v) is 5.38. The molecule has 1 amide bonds. The maximum Gasteiger partial charge on any atom is 0.303 e. The Bertz CT molecular complexity index is 1050. The summed E-state index contributed by atoms with van der Waals surface area (Å²) in [5.41, 5.74) is 0.644. The number of Topliss-reactive ketones (excluding diaryl/α,β-unsaturated/α-hetero) is 1. The predicted octanol–water partition coefficient (Wildman–Crippen LogP) is 3.90. The Morgan fingerprint density at radius 3 is 2.38 bits per heavy atom. The van der Waals surface area contributed by atoms with Crippen LogP contribution >= 0.6 is 0 Å². The van der Waals surface area contributed by atoms with Gasteiger partial charge in [0.25, 0.3) is 11.7 Å². The van der Waals surface area contributed by atoms with Crippen molar-refractivity contribution in [3.63, 3.8) is 0 Å². The number of methoxy groups -OCH3 is 1. The molecule has 1 aliphatic heterocycles. The number of amides is 1. The first kappa shape index (κ1) is 23.0. The molecule has 1 fully saturated rings. The van der Waals surface area contributed by atoms with Crippen LogP contribution in [0.2, 0.25) is 0 Å². The molecule has 1 aliphatic rings. The van der Waals surface area contributed by atoms with Crippen LogP contribution in [0, 0.1) is 5.82 Å². The van der Waals surface area contributed by atoms with E-state index in [4.69, 9.17) is 9.84 Å². The lowest BCUT2D eigenvalue weighted by atomic mass is 9.94. The SMILES string of the molecule is COc1ccccc1C1C(=C(O)c2ccc(F)cc2)C(=O)C(=O)N1CCCCCC(=O)O. The molecule has 0 radical (unpaired) electrons. The van der Waals surface area contributed by atoms with E-state index in [1.165, 1.54) is 24.1 Å². The number of unbranched alkanes of at least 4 members (excludes halogenated alkanes) is 2. The van der Waals surface area contributed by atoms with Crippen molar-refractivity contribution in [1.82, 2.24) is 4.90 Å². The monoisotopic (exact) mass is 441 g/mol. The second-order valence-corrected chi connectivity index (χ2v) is 7.45. The number of nitrogens with zero attached hydrogens (tertiary/aromatic N) is 1. The van der Waals surface area contributed by atoms with Crippen molar-refractivity contribution in [2.24, 2.45) is 0 Å². The van der Waals surface area contributed by atoms with E-state index in [0.29, 0.717) is 30.6 Å². The van der Waals surface area contributed by atoms with Crippen LogP contribution in [0.3, 0.4) is 0 Å². The molecule has 1 unspecified atom stereocenters. The van der Waals surface area contributed by atoms with Crippen molar-refractivity contribution in [1.29, 1.82) is 0 Å². The summed E-state index contributed by atoms with van der Waals surface area (Å²) in [6.07, 6.45) is 1.53. The first-order valence-electron chi connectivity index (χ1n) is 10.2. The van der Waals surface area contributed by atoms with Crippen molar-refractivity contribution in [2.45, 2.75) is 31.7 Å². The van der Waals surface area contributed by atoms with Crippen LogP contribution in [0.4, 0.5) is 4.39 Å². The highest BCUT2D eigenvalue weighted by Gasteiger charge is 2.46. The number of para-hydroxylation sites is 1. The topological polar surface area (TPSA) is 104 Å². The standard InChI is InChI=1S/C24H24FNO6/c1-32-18-8-5-4-7-17(18)21-20(22(29)15-10-12-16(25)13-11-15)23(30)24(31)26(21)14-6-2-3-9-19(27)28/h4-5,7-8,10-13,21,29H,2-3,6,9,14H2,1H3,(H,27,28). The van der Waals surface area contributed by atoms with Crippen molar-refractivity contribution in [2.75, 3.05) is 13.7 Å². The van der Waals surface area contributed by atoms with Gasteiger partial charge in [0.1, 0.15) is 17.3 Å². The Balaban J connectivity index is 2.02. The molecule has 8 heteroatoms. The molecule has 1 atom stereocenters. The summed E-state index contributed by atoms with van der Waals surface area (Å²) in [5, 5.41) is 19.7. The number of carboxylic acids is 1. The fourth-order valence-electron chi connectivity index (χ4n) is 3.82. The van der Waals surface area contributed by atoms with Crippen LogP contribution in [-0.4, -0.2) is 46.4 Å². The summed E-state index contributed by atoms with van der Waals surface area (Å²) in [4.78, 5) is 37.9. The van der Waals surface area contributed by atoms with Gasteiger partial charge in [-0.25, -0.2) is 4.39 Å². The van der Waals surface area contributed by atoms with E-state index in [9.17, 15) is 23.9 Å². The lowest BCUT2D eigenvalue weighted by molar-refractivity contribution is -0.140. The van der Waals surface area contributed by atoms with Crippen LogP contribution in [0.5, 0.6) is 5.75 Å². The first-order valence-corrected chi connectivity index (χ1v) is 10.2. The third-order valence-electron chi connectivity index (χ3n) is 5.38. The van der Waals surface area contributed by atoms with Crippen molar-refractivity contribution < 1.29 is 33.7 Å². The van der Waals surface area contributed by atoms with Gasteiger partial charge < -0.3 is 19.8 Å². The van der Waals surface area contributed by atoms with Crippen molar-refractivity contribution in [3.05, 3.63) is 71.0 Å². The van der Waals surface area contributed by atoms with E-state index in [-0.39, 0.29) is 24.1 Å². The van der Waals surface area contributed by atoms with Gasteiger partial charge >= 0.3 is 5.97 Å². The summed E-state index contributed by atoms with van der Waals surface area (Å²) < 4.78 is 18.8. The van der Waals surface area contributed by atoms with Gasteiger partial charge in [-0.3, -0.25) is 14.4 Å². The van der Waals surface area contributed by atoms with E-state index >= 15 is 0 Å². The highest BCUT2D eigenvalue weighted by molar-refractivity contribution is 6.46. The number of halogens is 1. The molecular formula is C24H24FNO6. The Hall–Kier alpha value is -3.68. The lowest BCUT2D eigenvalue weighted by Gasteiger charge is -2.26. The first-order chi connectivity index (χ1) is 15.3. The Morgan fingerprint density at radius 2 is 1.72 bits per heavy atom. The largest absolute Gasteiger partial charge is 0.507 e. The van der Waals surface area contributed by atoms with Gasteiger partial charge in [0.15, 0.2) is 0 Å². The molecule has 0 spiro atoms. The highest BCUT2D eigenvalue weighted by atomic mass is 19.1. The van der Waals surface area contributed by atoms with Crippen molar-refractivity contribution >= 4 is 23.4 Å². The smallest absolute Gasteiger partial charge is 0.303 e. The third kappa shape index (κ3) is 4.80. The summed E-state index contributed by atoms with van der Waals surface area (Å²) in [6, 6.07) is 11.0. The van der Waals surface area contributed by atoms with Gasteiger partial charge in [-0.05, 0) is 43.2 Å². The van der Waals surface area contributed by atoms with Crippen LogP contribution in [0.25, 0.3) is 5.76 Å². The maximum atomic E-state index is 13.3. The zero-order valence-electron chi connectivity index (χ0n) is 17.6. The summed E-state index contributed by atoms with van der Waals surface area (Å²) in [7, 11) is 1.47. The average molecular weight is 441 g/mol. The van der Waals surface area contributed by atoms with Crippen LogP contribution in [0.1, 0.15) is 42.9 Å². The quantitative estimate of drug-likeness (QED) is 0.265. The molecule has 32 heavy (non-hydrogen) atoms. The molecule has 2 aromatic rings. The number of benzene rings is 2. The van der Waals surface area contributed by atoms with Gasteiger partial charge in [-0.2, -0.15) is 0 Å². The fraction of sp³-hybridized carbons (Fsp3) is 0.292. The average Bonchev–Trinajstić information content (AvgIpc) is 3.03. The summed E-state index contributed by atoms with van der Waals surface area (Å²) >= 11 is 0. The second kappa shape index (κ2) is 10.1. The van der Waals surface area contributed by atoms with E-state index in [1.54, 1.807) is 24.3 Å². The molecule has 1 saturated heterocycles. The number of aliphatic hydroxyl groups excluding tert-OH is 1. The Morgan fingerprint density at radius 1 is 1.03 bits per heavy atom. The molecule has 2 N–H and O–H groups in total. The molecule has 0 bridgehead atoms. The zero-order chi connectivity index (χ0) is 23.3. The number of ether oxygens (including phenoxy) is 1. The molecule has 0 aliphatic carbocycles. The van der Waals surface area contributed by atoms with Gasteiger partial charge in [0.2, 0.25) is 0 Å². The minimum Gasteiger partial charge on any atom is -0.507 e. The number of carbonyl (C=O) groups is 3. The Kier molecular flexibility index (Phi) is 7.25. The lowest BCUT2D eigenvalue weighted by Crippen LogP contribution is -2.31. The number of aliphatic carboxylic acids is 1. The normalized spacial score (nSPS) is 17.6. The van der Waals surface area contributed by atoms with Gasteiger partial charge in [-0.1, -0.05) is 24.6 Å². The van der Waals surface area contributed by atoms with Gasteiger partial charge in [0.05, 0.1) is 18.7 Å². The zero-order valence-corrected chi connectivity index (χ0v) is 17.6. The van der Waals surface area contributed by atoms with Crippen molar-refractivity contribution in [3.8, 4) is 5.75 Å². The summed E-state index contributed by atoms with van der Waals surface area (Å²) in [5.74, 6) is -2.94. The molecule has 0 aromatic heterocycles. The van der Waals surface area contributed by atoms with E-state index in [0.717, 1.165) is 12.1 Å². The second-order valence-electron chi connectivity index (χ2n) is 7.45. The van der Waals surface area contributed by atoms with Crippen LogP contribution in [0.15, 0.2) is 54.1 Å². The number of carboxylic acid groups (broad SMARTS) is 1. The maximum absolute atomic E-state index is 13.3. The minimum absolute atomic E-state index is 0.0271. The number of carbonyl (C=O) groups excluding carboxylic acids is 2. The van der Waals surface area contributed by atoms with E-state index < -0.39 is 35.3 Å². The number of likely N-dealkylation sites (tertiary alicyclic amines) is 1. The molecule has 3 rings (SSSR count). The number of hydrogen-bond acceptors (Lipinski definition) is 5. The molecule has 0 saturated carbocycles. The minimum atomic E-state index is -0.893. The predicted molar refractivity (Wildman–Crippen MR) is 115 cm³/mol. The molecule has 1 heterocycles. The van der Waals surface area contributed by atoms with Crippen LogP contribution < -0.4 is 4.74 Å². The van der Waals surface area contributed by atoms with E-state index in [1.807, 2.05) is 0 Å².